The topological polar surface area (TPSA) is 72.6 Å². The predicted octanol–water partition coefficient (Wildman–Crippen LogP) is 2.85. The first-order valence-electron chi connectivity index (χ1n) is 6.35. The lowest BCUT2D eigenvalue weighted by molar-refractivity contribution is -0.387. The third kappa shape index (κ3) is 4.00. The molecule has 0 aliphatic heterocycles. The average molecular weight is 291 g/mol. The van der Waals surface area contributed by atoms with E-state index >= 15 is 0 Å². The Morgan fingerprint density at radius 3 is 2.38 bits per heavy atom. The molecule has 2 rings (SSSR count). The minimum Gasteiger partial charge on any atom is -0.489 e. The van der Waals surface area contributed by atoms with Gasteiger partial charge >= 0.3 is 5.69 Å². The first-order chi connectivity index (χ1) is 10.1. The van der Waals surface area contributed by atoms with Gasteiger partial charge in [0, 0.05) is 12.7 Å². The number of aliphatic hydroxyl groups excluding tert-OH is 1. The SMILES string of the molecule is O=[N+]([O-])c1ccc(COc2ccc(CCO)cc2)cc1F. The van der Waals surface area contributed by atoms with E-state index in [0.29, 0.717) is 17.7 Å². The molecular formula is C15H14FNO4. The van der Waals surface area contributed by atoms with Crippen LogP contribution in [0, 0.1) is 15.9 Å². The lowest BCUT2D eigenvalue weighted by atomic mass is 10.1. The van der Waals surface area contributed by atoms with E-state index in [-0.39, 0.29) is 13.2 Å². The van der Waals surface area contributed by atoms with Gasteiger partial charge < -0.3 is 9.84 Å². The van der Waals surface area contributed by atoms with Gasteiger partial charge in [0.15, 0.2) is 0 Å². The number of nitrogens with zero attached hydrogens (tertiary/aromatic N) is 1. The molecule has 2 aromatic carbocycles. The zero-order valence-corrected chi connectivity index (χ0v) is 11.2. The van der Waals surface area contributed by atoms with Gasteiger partial charge in [0.1, 0.15) is 12.4 Å². The monoisotopic (exact) mass is 291 g/mol. The second-order valence-electron chi connectivity index (χ2n) is 4.45. The van der Waals surface area contributed by atoms with Gasteiger partial charge in [0.25, 0.3) is 0 Å². The molecule has 0 aliphatic carbocycles. The Balaban J connectivity index is 1.99. The van der Waals surface area contributed by atoms with Crippen molar-refractivity contribution in [3.63, 3.8) is 0 Å². The van der Waals surface area contributed by atoms with Gasteiger partial charge in [0.2, 0.25) is 5.82 Å². The summed E-state index contributed by atoms with van der Waals surface area (Å²) in [5.41, 5.74) is 0.955. The van der Waals surface area contributed by atoms with Gasteiger partial charge in [-0.2, -0.15) is 4.39 Å². The summed E-state index contributed by atoms with van der Waals surface area (Å²) in [6.07, 6.45) is 0.577. The number of nitro benzene ring substituents is 1. The molecule has 0 amide bonds. The van der Waals surface area contributed by atoms with E-state index in [1.165, 1.54) is 6.07 Å². The fourth-order valence-corrected chi connectivity index (χ4v) is 1.84. The molecule has 0 heterocycles. The van der Waals surface area contributed by atoms with Gasteiger partial charge in [-0.1, -0.05) is 12.1 Å². The normalized spacial score (nSPS) is 10.4. The number of nitro groups is 1. The first kappa shape index (κ1) is 14.9. The second-order valence-corrected chi connectivity index (χ2v) is 4.45. The summed E-state index contributed by atoms with van der Waals surface area (Å²) in [4.78, 5) is 9.75. The quantitative estimate of drug-likeness (QED) is 0.656. The molecule has 0 unspecified atom stereocenters. The van der Waals surface area contributed by atoms with Crippen molar-refractivity contribution in [3.8, 4) is 5.75 Å². The van der Waals surface area contributed by atoms with E-state index in [9.17, 15) is 14.5 Å². The zero-order valence-electron chi connectivity index (χ0n) is 11.2. The molecule has 1 N–H and O–H groups in total. The highest BCUT2D eigenvalue weighted by molar-refractivity contribution is 5.35. The summed E-state index contributed by atoms with van der Waals surface area (Å²) in [6, 6.07) is 10.9. The third-order valence-corrected chi connectivity index (χ3v) is 2.94. The highest BCUT2D eigenvalue weighted by Crippen LogP contribution is 2.20. The first-order valence-corrected chi connectivity index (χ1v) is 6.35. The molecule has 0 saturated heterocycles. The van der Waals surface area contributed by atoms with Crippen molar-refractivity contribution in [1.29, 1.82) is 0 Å². The Bertz CT molecular complexity index is 628. The van der Waals surface area contributed by atoms with Crippen LogP contribution in [0.4, 0.5) is 10.1 Å². The fourth-order valence-electron chi connectivity index (χ4n) is 1.84. The molecule has 0 bridgehead atoms. The smallest absolute Gasteiger partial charge is 0.304 e. The minimum absolute atomic E-state index is 0.0856. The summed E-state index contributed by atoms with van der Waals surface area (Å²) >= 11 is 0. The van der Waals surface area contributed by atoms with Crippen molar-refractivity contribution < 1.29 is 19.2 Å². The molecule has 0 fully saturated rings. The van der Waals surface area contributed by atoms with E-state index in [1.807, 2.05) is 12.1 Å². The van der Waals surface area contributed by atoms with Gasteiger partial charge in [-0.3, -0.25) is 10.1 Å². The molecule has 5 nitrogen and oxygen atoms in total. The van der Waals surface area contributed by atoms with Gasteiger partial charge in [-0.25, -0.2) is 0 Å². The van der Waals surface area contributed by atoms with Crippen molar-refractivity contribution in [2.45, 2.75) is 13.0 Å². The number of halogens is 1. The number of hydrogen-bond acceptors (Lipinski definition) is 4. The Labute approximate surface area is 120 Å². The molecule has 0 aliphatic rings. The Morgan fingerprint density at radius 2 is 1.81 bits per heavy atom. The zero-order chi connectivity index (χ0) is 15.2. The molecular weight excluding hydrogens is 277 g/mol. The van der Waals surface area contributed by atoms with Crippen LogP contribution in [0.5, 0.6) is 5.75 Å². The van der Waals surface area contributed by atoms with Crippen LogP contribution in [0.2, 0.25) is 0 Å². The van der Waals surface area contributed by atoms with Crippen LogP contribution >= 0.6 is 0 Å². The van der Waals surface area contributed by atoms with Crippen molar-refractivity contribution in [1.82, 2.24) is 0 Å². The largest absolute Gasteiger partial charge is 0.489 e. The number of benzene rings is 2. The maximum Gasteiger partial charge on any atom is 0.304 e. The van der Waals surface area contributed by atoms with Crippen LogP contribution < -0.4 is 4.74 Å². The van der Waals surface area contributed by atoms with Crippen molar-refractivity contribution in [3.05, 3.63) is 69.5 Å². The fraction of sp³-hybridized carbons (Fsp3) is 0.200. The van der Waals surface area contributed by atoms with Crippen LogP contribution in [-0.4, -0.2) is 16.6 Å². The van der Waals surface area contributed by atoms with Gasteiger partial charge in [0.05, 0.1) is 4.92 Å². The third-order valence-electron chi connectivity index (χ3n) is 2.94. The van der Waals surface area contributed by atoms with E-state index in [4.69, 9.17) is 9.84 Å². The summed E-state index contributed by atoms with van der Waals surface area (Å²) in [5, 5.41) is 19.3. The molecule has 2 aromatic rings. The second kappa shape index (κ2) is 6.81. The van der Waals surface area contributed by atoms with E-state index < -0.39 is 16.4 Å². The maximum atomic E-state index is 13.4. The summed E-state index contributed by atoms with van der Waals surface area (Å²) in [7, 11) is 0. The summed E-state index contributed by atoms with van der Waals surface area (Å²) in [6.45, 7) is 0.205. The van der Waals surface area contributed by atoms with Crippen LogP contribution in [0.1, 0.15) is 11.1 Å². The van der Waals surface area contributed by atoms with Gasteiger partial charge in [-0.15, -0.1) is 0 Å². The number of aliphatic hydroxyl groups is 1. The minimum atomic E-state index is -0.876. The van der Waals surface area contributed by atoms with Crippen molar-refractivity contribution >= 4 is 5.69 Å². The molecule has 0 spiro atoms. The standard InChI is InChI=1S/C15H14FNO4/c16-14-9-12(3-6-15(14)17(19)20)10-21-13-4-1-11(2-5-13)7-8-18/h1-6,9,18H,7-8,10H2. The van der Waals surface area contributed by atoms with Crippen molar-refractivity contribution in [2.24, 2.45) is 0 Å². The van der Waals surface area contributed by atoms with Crippen molar-refractivity contribution in [2.75, 3.05) is 6.61 Å². The molecule has 0 saturated carbocycles. The van der Waals surface area contributed by atoms with E-state index in [1.54, 1.807) is 12.1 Å². The maximum absolute atomic E-state index is 13.4. The van der Waals surface area contributed by atoms with Crippen LogP contribution in [-0.2, 0) is 13.0 Å². The highest BCUT2D eigenvalue weighted by Gasteiger charge is 2.13. The summed E-state index contributed by atoms with van der Waals surface area (Å²) < 4.78 is 18.9. The van der Waals surface area contributed by atoms with E-state index in [2.05, 4.69) is 0 Å². The molecule has 6 heteroatoms. The van der Waals surface area contributed by atoms with E-state index in [0.717, 1.165) is 17.7 Å². The highest BCUT2D eigenvalue weighted by atomic mass is 19.1. The molecule has 110 valence electrons. The van der Waals surface area contributed by atoms with Gasteiger partial charge in [-0.05, 0) is 41.8 Å². The lowest BCUT2D eigenvalue weighted by Gasteiger charge is -2.07. The number of ether oxygens (including phenoxy) is 1. The van der Waals surface area contributed by atoms with Crippen LogP contribution in [0.25, 0.3) is 0 Å². The molecule has 0 aromatic heterocycles. The number of rotatable bonds is 6. The molecule has 21 heavy (non-hydrogen) atoms. The van der Waals surface area contributed by atoms with Crippen LogP contribution in [0.3, 0.4) is 0 Å². The Morgan fingerprint density at radius 1 is 1.14 bits per heavy atom. The summed E-state index contributed by atoms with van der Waals surface area (Å²) in [5.74, 6) is -0.269. The number of hydrogen-bond donors (Lipinski definition) is 1. The molecule has 0 radical (unpaired) electrons. The molecule has 0 atom stereocenters. The lowest BCUT2D eigenvalue weighted by Crippen LogP contribution is -1.99. The average Bonchev–Trinajstić information content (AvgIpc) is 2.46. The Kier molecular flexibility index (Phi) is 4.84. The Hall–Kier alpha value is -2.47. The predicted molar refractivity (Wildman–Crippen MR) is 74.6 cm³/mol. The van der Waals surface area contributed by atoms with Crippen LogP contribution in [0.15, 0.2) is 42.5 Å².